The van der Waals surface area contributed by atoms with Gasteiger partial charge in [0, 0.05) is 11.6 Å². The third kappa shape index (κ3) is 1.84. The van der Waals surface area contributed by atoms with Crippen LogP contribution >= 0.6 is 0 Å². The monoisotopic (exact) mass is 266 g/mol. The van der Waals surface area contributed by atoms with Crippen LogP contribution in [0.15, 0.2) is 36.5 Å². The molecular weight excluding hydrogens is 248 g/mol. The fourth-order valence-electron chi connectivity index (χ4n) is 2.56. The zero-order chi connectivity index (χ0) is 14.1. The summed E-state index contributed by atoms with van der Waals surface area (Å²) < 4.78 is 1.90. The van der Waals surface area contributed by atoms with E-state index in [1.54, 1.807) is 0 Å². The number of nitrogen functional groups attached to an aromatic ring is 1. The lowest BCUT2D eigenvalue weighted by Gasteiger charge is -2.08. The van der Waals surface area contributed by atoms with E-state index >= 15 is 0 Å². The maximum atomic E-state index is 6.20. The molecule has 0 aliphatic heterocycles. The highest BCUT2D eigenvalue weighted by Gasteiger charge is 2.16. The van der Waals surface area contributed by atoms with Crippen molar-refractivity contribution in [3.8, 4) is 5.82 Å². The molecule has 2 aromatic heterocycles. The van der Waals surface area contributed by atoms with Crippen LogP contribution in [0, 0.1) is 0 Å². The van der Waals surface area contributed by atoms with Gasteiger partial charge in [0.05, 0.1) is 17.1 Å². The van der Waals surface area contributed by atoms with Crippen LogP contribution in [0.4, 0.5) is 5.69 Å². The Bertz CT molecular complexity index is 753. The van der Waals surface area contributed by atoms with E-state index in [0.29, 0.717) is 0 Å². The quantitative estimate of drug-likeness (QED) is 0.792. The predicted molar refractivity (Wildman–Crippen MR) is 82.0 cm³/mol. The van der Waals surface area contributed by atoms with E-state index in [1.807, 2.05) is 29.1 Å². The molecule has 0 saturated carbocycles. The summed E-state index contributed by atoms with van der Waals surface area (Å²) in [6.07, 6.45) is 3.49. The Balaban J connectivity index is 2.31. The number of hydrogen-bond acceptors (Lipinski definition) is 3. The van der Waals surface area contributed by atoms with Gasteiger partial charge in [-0.2, -0.15) is 5.10 Å². The molecule has 0 saturated heterocycles. The minimum atomic E-state index is 0.796. The van der Waals surface area contributed by atoms with Crippen molar-refractivity contribution in [3.63, 3.8) is 0 Å². The van der Waals surface area contributed by atoms with E-state index in [-0.39, 0.29) is 0 Å². The minimum absolute atomic E-state index is 0.796. The summed E-state index contributed by atoms with van der Waals surface area (Å²) in [5.41, 5.74) is 8.97. The Kier molecular flexibility index (Phi) is 3.14. The van der Waals surface area contributed by atoms with Crippen molar-refractivity contribution in [1.29, 1.82) is 0 Å². The van der Waals surface area contributed by atoms with Crippen LogP contribution < -0.4 is 5.73 Å². The van der Waals surface area contributed by atoms with Crippen LogP contribution in [0.5, 0.6) is 0 Å². The van der Waals surface area contributed by atoms with Gasteiger partial charge in [0.1, 0.15) is 0 Å². The van der Waals surface area contributed by atoms with Crippen molar-refractivity contribution in [2.24, 2.45) is 0 Å². The molecule has 0 aliphatic rings. The fraction of sp³-hybridized carbons (Fsp3) is 0.250. The molecule has 0 unspecified atom stereocenters. The molecule has 0 bridgehead atoms. The highest BCUT2D eigenvalue weighted by molar-refractivity contribution is 5.88. The van der Waals surface area contributed by atoms with Crippen LogP contribution in [0.2, 0.25) is 0 Å². The van der Waals surface area contributed by atoms with E-state index in [9.17, 15) is 0 Å². The van der Waals surface area contributed by atoms with Gasteiger partial charge in [-0.25, -0.2) is 9.67 Å². The Hall–Kier alpha value is -2.36. The normalized spacial score (nSPS) is 11.1. The summed E-state index contributed by atoms with van der Waals surface area (Å²) in [5.74, 6) is 0.853. The summed E-state index contributed by atoms with van der Waals surface area (Å²) in [5, 5.41) is 6.90. The van der Waals surface area contributed by atoms with Crippen molar-refractivity contribution in [3.05, 3.63) is 47.9 Å². The number of nitrogens with two attached hydrogens (primary N) is 1. The lowest BCUT2D eigenvalue weighted by atomic mass is 10.1. The molecule has 0 atom stereocenters. The number of hydrogen-bond donors (Lipinski definition) is 1. The summed E-state index contributed by atoms with van der Waals surface area (Å²) in [6, 6.07) is 10.2. The molecule has 3 rings (SSSR count). The van der Waals surface area contributed by atoms with Gasteiger partial charge in [0.15, 0.2) is 5.82 Å². The van der Waals surface area contributed by atoms with Crippen molar-refractivity contribution in [1.82, 2.24) is 14.8 Å². The number of pyridine rings is 1. The Labute approximate surface area is 118 Å². The number of aromatic nitrogens is 3. The van der Waals surface area contributed by atoms with Gasteiger partial charge >= 0.3 is 0 Å². The molecule has 1 aromatic carbocycles. The number of benzene rings is 1. The predicted octanol–water partition coefficient (Wildman–Crippen LogP) is 3.13. The van der Waals surface area contributed by atoms with Gasteiger partial charge in [-0.15, -0.1) is 0 Å². The van der Waals surface area contributed by atoms with Gasteiger partial charge < -0.3 is 5.73 Å². The third-order valence-corrected chi connectivity index (χ3v) is 3.62. The average Bonchev–Trinajstić information content (AvgIpc) is 2.82. The number of fused-ring (bicyclic) bond motifs is 1. The average molecular weight is 266 g/mol. The van der Waals surface area contributed by atoms with Gasteiger partial charge in [-0.3, -0.25) is 0 Å². The summed E-state index contributed by atoms with van der Waals surface area (Å²) >= 11 is 0. The minimum Gasteiger partial charge on any atom is -0.396 e. The second-order valence-electron chi connectivity index (χ2n) is 4.78. The number of anilines is 1. The molecule has 4 heteroatoms. The number of nitrogens with zero attached hydrogens (tertiary/aromatic N) is 3. The highest BCUT2D eigenvalue weighted by atomic mass is 15.3. The highest BCUT2D eigenvalue weighted by Crippen LogP contribution is 2.25. The Morgan fingerprint density at radius 1 is 1.10 bits per heavy atom. The molecule has 3 aromatic rings. The molecule has 4 nitrogen and oxygen atoms in total. The SMILES string of the molecule is CCc1nn(-c2nccc3ccccc23)c(CC)c1N. The summed E-state index contributed by atoms with van der Waals surface area (Å²) in [4.78, 5) is 4.52. The first-order chi connectivity index (χ1) is 9.76. The maximum absolute atomic E-state index is 6.20. The number of aryl methyl sites for hydroxylation is 1. The van der Waals surface area contributed by atoms with E-state index < -0.39 is 0 Å². The van der Waals surface area contributed by atoms with Crippen molar-refractivity contribution in [2.75, 3.05) is 5.73 Å². The molecule has 20 heavy (non-hydrogen) atoms. The molecule has 0 aliphatic carbocycles. The standard InChI is InChI=1S/C16H18N4/c1-3-13-15(17)14(4-2)20(19-13)16-12-8-6-5-7-11(12)9-10-18-16/h5-10H,3-4,17H2,1-2H3. The van der Waals surface area contributed by atoms with Crippen molar-refractivity contribution in [2.45, 2.75) is 26.7 Å². The first-order valence-corrected chi connectivity index (χ1v) is 6.96. The van der Waals surface area contributed by atoms with E-state index in [1.165, 1.54) is 0 Å². The lowest BCUT2D eigenvalue weighted by Crippen LogP contribution is -2.05. The molecular formula is C16H18N4. The van der Waals surface area contributed by atoms with Crippen LogP contribution in [-0.2, 0) is 12.8 Å². The van der Waals surface area contributed by atoms with Gasteiger partial charge in [-0.05, 0) is 24.3 Å². The van der Waals surface area contributed by atoms with Gasteiger partial charge in [-0.1, -0.05) is 38.1 Å². The van der Waals surface area contributed by atoms with Crippen LogP contribution in [0.25, 0.3) is 16.6 Å². The molecule has 0 amide bonds. The maximum Gasteiger partial charge on any atom is 0.161 e. The largest absolute Gasteiger partial charge is 0.396 e. The van der Waals surface area contributed by atoms with E-state index in [4.69, 9.17) is 5.73 Å². The van der Waals surface area contributed by atoms with Gasteiger partial charge in [0.2, 0.25) is 0 Å². The lowest BCUT2D eigenvalue weighted by molar-refractivity contribution is 0.779. The molecule has 0 radical (unpaired) electrons. The second kappa shape index (κ2) is 4.96. The molecule has 2 N–H and O–H groups in total. The topological polar surface area (TPSA) is 56.7 Å². The first kappa shape index (κ1) is 12.7. The van der Waals surface area contributed by atoms with Crippen molar-refractivity contribution < 1.29 is 0 Å². The zero-order valence-electron chi connectivity index (χ0n) is 11.8. The summed E-state index contributed by atoms with van der Waals surface area (Å²) in [7, 11) is 0. The Morgan fingerprint density at radius 2 is 1.90 bits per heavy atom. The van der Waals surface area contributed by atoms with Gasteiger partial charge in [0.25, 0.3) is 0 Å². The fourth-order valence-corrected chi connectivity index (χ4v) is 2.56. The molecule has 0 spiro atoms. The third-order valence-electron chi connectivity index (χ3n) is 3.62. The van der Waals surface area contributed by atoms with E-state index in [0.717, 1.165) is 46.5 Å². The summed E-state index contributed by atoms with van der Waals surface area (Å²) in [6.45, 7) is 4.16. The second-order valence-corrected chi connectivity index (χ2v) is 4.78. The molecule has 2 heterocycles. The van der Waals surface area contributed by atoms with Crippen molar-refractivity contribution >= 4 is 16.5 Å². The van der Waals surface area contributed by atoms with Crippen LogP contribution in [-0.4, -0.2) is 14.8 Å². The van der Waals surface area contributed by atoms with E-state index in [2.05, 4.69) is 36.1 Å². The smallest absolute Gasteiger partial charge is 0.161 e. The van der Waals surface area contributed by atoms with Crippen LogP contribution in [0.3, 0.4) is 0 Å². The number of rotatable bonds is 3. The molecule has 0 fully saturated rings. The zero-order valence-corrected chi connectivity index (χ0v) is 11.8. The first-order valence-electron chi connectivity index (χ1n) is 6.96. The molecule has 102 valence electrons. The van der Waals surface area contributed by atoms with Crippen LogP contribution in [0.1, 0.15) is 25.2 Å². The Morgan fingerprint density at radius 3 is 2.65 bits per heavy atom.